The first-order valence-electron chi connectivity index (χ1n) is 9.37. The topological polar surface area (TPSA) is 56.9 Å². The van der Waals surface area contributed by atoms with Crippen molar-refractivity contribution in [3.8, 4) is 0 Å². The minimum absolute atomic E-state index is 0.0617. The van der Waals surface area contributed by atoms with Crippen LogP contribution in [0.2, 0.25) is 0 Å². The first-order valence-corrected chi connectivity index (χ1v) is 10.2. The van der Waals surface area contributed by atoms with Crippen molar-refractivity contribution in [1.29, 1.82) is 0 Å². The van der Waals surface area contributed by atoms with Crippen molar-refractivity contribution in [1.82, 2.24) is 9.80 Å². The molecule has 3 rings (SSSR count). The molecule has 6 heteroatoms. The van der Waals surface area contributed by atoms with Crippen molar-refractivity contribution in [3.05, 3.63) is 45.5 Å². The van der Waals surface area contributed by atoms with E-state index < -0.39 is 0 Å². The fourth-order valence-electron chi connectivity index (χ4n) is 3.47. The summed E-state index contributed by atoms with van der Waals surface area (Å²) >= 11 is 1.67. The first-order chi connectivity index (χ1) is 12.6. The maximum Gasteiger partial charge on any atom is 0.289 e. The molecule has 1 aliphatic heterocycles. The van der Waals surface area contributed by atoms with Gasteiger partial charge in [0.25, 0.3) is 5.91 Å². The lowest BCUT2D eigenvalue weighted by molar-refractivity contribution is 0.0670. The minimum Gasteiger partial charge on any atom is -0.454 e. The molecule has 2 aromatic heterocycles. The van der Waals surface area contributed by atoms with Crippen LogP contribution in [0.25, 0.3) is 0 Å². The third-order valence-electron chi connectivity index (χ3n) is 4.99. The Hall–Kier alpha value is -1.63. The number of aryl methyl sites for hydroxylation is 1. The Labute approximate surface area is 159 Å². The molecule has 1 N–H and O–H groups in total. The number of thiophene rings is 1. The van der Waals surface area contributed by atoms with Crippen molar-refractivity contribution < 1.29 is 14.3 Å². The molecule has 3 heterocycles. The monoisotopic (exact) mass is 376 g/mol. The van der Waals surface area contributed by atoms with Crippen LogP contribution >= 0.6 is 11.3 Å². The Kier molecular flexibility index (Phi) is 6.51. The summed E-state index contributed by atoms with van der Waals surface area (Å²) in [4.78, 5) is 19.3. The van der Waals surface area contributed by atoms with E-state index in [2.05, 4.69) is 11.8 Å². The number of amides is 1. The van der Waals surface area contributed by atoms with Crippen molar-refractivity contribution in [3.63, 3.8) is 0 Å². The standard InChI is InChI=1S/C20H28N2O3S/c1-15-6-7-17(26-15)14-22(12-13-23)20(24)19-9-8-18(25-19)16(2)21-10-4-3-5-11-21/h6-9,16,23H,3-5,10-14H2,1-2H3/t16-/m0/s1. The zero-order chi connectivity index (χ0) is 18.5. The lowest BCUT2D eigenvalue weighted by Gasteiger charge is -2.31. The molecule has 0 aromatic carbocycles. The molecule has 1 atom stereocenters. The Morgan fingerprint density at radius 1 is 1.27 bits per heavy atom. The van der Waals surface area contributed by atoms with E-state index in [-0.39, 0.29) is 18.6 Å². The number of likely N-dealkylation sites (tertiary alicyclic amines) is 1. The number of hydrogen-bond acceptors (Lipinski definition) is 5. The summed E-state index contributed by atoms with van der Waals surface area (Å²) in [5.74, 6) is 1.03. The largest absolute Gasteiger partial charge is 0.454 e. The maximum atomic E-state index is 12.9. The average molecular weight is 377 g/mol. The summed E-state index contributed by atoms with van der Waals surface area (Å²) in [7, 11) is 0. The van der Waals surface area contributed by atoms with Gasteiger partial charge in [-0.05, 0) is 64.0 Å². The van der Waals surface area contributed by atoms with E-state index in [4.69, 9.17) is 4.42 Å². The SMILES string of the molecule is Cc1ccc(CN(CCO)C(=O)c2ccc([C@H](C)N3CCCCC3)o2)s1. The molecule has 1 amide bonds. The number of piperidine rings is 1. The zero-order valence-electron chi connectivity index (χ0n) is 15.6. The Morgan fingerprint density at radius 2 is 2.04 bits per heavy atom. The summed E-state index contributed by atoms with van der Waals surface area (Å²) in [5.41, 5.74) is 0. The van der Waals surface area contributed by atoms with Crippen molar-refractivity contribution >= 4 is 17.2 Å². The van der Waals surface area contributed by atoms with Crippen LogP contribution in [0.5, 0.6) is 0 Å². The fourth-order valence-corrected chi connectivity index (χ4v) is 4.37. The highest BCUT2D eigenvalue weighted by molar-refractivity contribution is 7.11. The molecule has 142 valence electrons. The molecule has 1 aliphatic rings. The van der Waals surface area contributed by atoms with Crippen molar-refractivity contribution in [2.45, 2.75) is 45.7 Å². The molecule has 0 spiro atoms. The molecular weight excluding hydrogens is 348 g/mol. The van der Waals surface area contributed by atoms with Gasteiger partial charge in [-0.15, -0.1) is 11.3 Å². The third-order valence-corrected chi connectivity index (χ3v) is 5.97. The molecular formula is C20H28N2O3S. The highest BCUT2D eigenvalue weighted by atomic mass is 32.1. The lowest BCUT2D eigenvalue weighted by atomic mass is 10.1. The molecule has 0 radical (unpaired) electrons. The Balaban J connectivity index is 1.69. The molecule has 0 aliphatic carbocycles. The van der Waals surface area contributed by atoms with Gasteiger partial charge in [0.05, 0.1) is 19.2 Å². The summed E-state index contributed by atoms with van der Waals surface area (Å²) < 4.78 is 5.92. The molecule has 5 nitrogen and oxygen atoms in total. The Morgan fingerprint density at radius 3 is 2.69 bits per heavy atom. The predicted molar refractivity (Wildman–Crippen MR) is 103 cm³/mol. The van der Waals surface area contributed by atoms with Gasteiger partial charge >= 0.3 is 0 Å². The van der Waals surface area contributed by atoms with Crippen LogP contribution < -0.4 is 0 Å². The first kappa shape index (κ1) is 19.1. The van der Waals surface area contributed by atoms with Crippen LogP contribution in [-0.4, -0.2) is 47.1 Å². The van der Waals surface area contributed by atoms with Gasteiger partial charge in [-0.25, -0.2) is 0 Å². The zero-order valence-corrected chi connectivity index (χ0v) is 16.4. The minimum atomic E-state index is -0.165. The van der Waals surface area contributed by atoms with Crippen LogP contribution in [-0.2, 0) is 6.54 Å². The van der Waals surface area contributed by atoms with Gasteiger partial charge in [-0.2, -0.15) is 0 Å². The number of hydrogen-bond donors (Lipinski definition) is 1. The number of carbonyl (C=O) groups excluding carboxylic acids is 1. The average Bonchev–Trinajstić information content (AvgIpc) is 3.30. The van der Waals surface area contributed by atoms with Crippen LogP contribution in [0.1, 0.15) is 58.3 Å². The number of aliphatic hydroxyl groups excluding tert-OH is 1. The highest BCUT2D eigenvalue weighted by Crippen LogP contribution is 2.26. The van der Waals surface area contributed by atoms with Gasteiger partial charge in [0, 0.05) is 16.3 Å². The lowest BCUT2D eigenvalue weighted by Crippen LogP contribution is -2.33. The number of nitrogens with zero attached hydrogens (tertiary/aromatic N) is 2. The molecule has 0 unspecified atom stereocenters. The summed E-state index contributed by atoms with van der Waals surface area (Å²) in [6.45, 7) is 7.08. The molecule has 0 bridgehead atoms. The molecule has 1 saturated heterocycles. The number of aliphatic hydroxyl groups is 1. The van der Waals surface area contributed by atoms with Gasteiger partial charge in [0.2, 0.25) is 0 Å². The van der Waals surface area contributed by atoms with Gasteiger partial charge in [0.1, 0.15) is 5.76 Å². The molecule has 2 aromatic rings. The van der Waals surface area contributed by atoms with Crippen molar-refractivity contribution in [2.24, 2.45) is 0 Å². The van der Waals surface area contributed by atoms with E-state index in [1.54, 1.807) is 22.3 Å². The second-order valence-electron chi connectivity index (χ2n) is 6.94. The molecule has 0 saturated carbocycles. The normalized spacial score (nSPS) is 16.6. The smallest absolute Gasteiger partial charge is 0.289 e. The predicted octanol–water partition coefficient (Wildman–Crippen LogP) is 3.83. The summed E-state index contributed by atoms with van der Waals surface area (Å²) in [5, 5.41) is 9.35. The van der Waals surface area contributed by atoms with Gasteiger partial charge in [-0.3, -0.25) is 9.69 Å². The van der Waals surface area contributed by atoms with Gasteiger partial charge < -0.3 is 14.4 Å². The van der Waals surface area contributed by atoms with E-state index in [1.165, 1.54) is 24.1 Å². The summed E-state index contributed by atoms with van der Waals surface area (Å²) in [6, 6.07) is 7.94. The fraction of sp³-hybridized carbons (Fsp3) is 0.550. The van der Waals surface area contributed by atoms with E-state index in [9.17, 15) is 9.90 Å². The van der Waals surface area contributed by atoms with Crippen LogP contribution in [0, 0.1) is 6.92 Å². The van der Waals surface area contributed by atoms with E-state index in [0.29, 0.717) is 18.8 Å². The second kappa shape index (κ2) is 8.84. The Bertz CT molecular complexity index is 718. The van der Waals surface area contributed by atoms with Crippen LogP contribution in [0.15, 0.2) is 28.7 Å². The van der Waals surface area contributed by atoms with Gasteiger partial charge in [-0.1, -0.05) is 6.42 Å². The highest BCUT2D eigenvalue weighted by Gasteiger charge is 2.24. The second-order valence-corrected chi connectivity index (χ2v) is 8.31. The maximum absolute atomic E-state index is 12.9. The number of furan rings is 1. The number of rotatable bonds is 7. The van der Waals surface area contributed by atoms with Crippen molar-refractivity contribution in [2.75, 3.05) is 26.2 Å². The van der Waals surface area contributed by atoms with Crippen LogP contribution in [0.3, 0.4) is 0 Å². The quantitative estimate of drug-likeness (QED) is 0.798. The van der Waals surface area contributed by atoms with E-state index in [1.807, 2.05) is 25.1 Å². The molecule has 1 fully saturated rings. The summed E-state index contributed by atoms with van der Waals surface area (Å²) in [6.07, 6.45) is 3.74. The van der Waals surface area contributed by atoms with Gasteiger partial charge in [0.15, 0.2) is 5.76 Å². The van der Waals surface area contributed by atoms with E-state index >= 15 is 0 Å². The van der Waals surface area contributed by atoms with E-state index in [0.717, 1.165) is 23.7 Å². The third kappa shape index (κ3) is 4.55. The number of carbonyl (C=O) groups is 1. The molecule has 26 heavy (non-hydrogen) atoms. The van der Waals surface area contributed by atoms with Crippen LogP contribution in [0.4, 0.5) is 0 Å².